The fourth-order valence-electron chi connectivity index (χ4n) is 5.39. The second-order valence-corrected chi connectivity index (χ2v) is 11.7. The van der Waals surface area contributed by atoms with Crippen LogP contribution in [0.2, 0.25) is 0 Å². The molecule has 3 aliphatic rings. The molecule has 9 nitrogen and oxygen atoms in total. The number of benzene rings is 1. The number of rotatable bonds is 9. The highest BCUT2D eigenvalue weighted by Crippen LogP contribution is 2.28. The molecule has 0 aliphatic carbocycles. The lowest BCUT2D eigenvalue weighted by atomic mass is 10.1. The summed E-state index contributed by atoms with van der Waals surface area (Å²) in [4.78, 5) is 19.4. The molecule has 0 amide bonds. The largest absolute Gasteiger partial charge is 0.356 e. The van der Waals surface area contributed by atoms with E-state index in [9.17, 15) is 8.42 Å². The summed E-state index contributed by atoms with van der Waals surface area (Å²) in [6.45, 7) is 8.58. The molecule has 3 saturated heterocycles. The summed E-state index contributed by atoms with van der Waals surface area (Å²) in [6.07, 6.45) is 6.15. The van der Waals surface area contributed by atoms with E-state index >= 15 is 0 Å². The second kappa shape index (κ2) is 11.3. The van der Waals surface area contributed by atoms with Crippen molar-refractivity contribution in [3.8, 4) is 0 Å². The third-order valence-electron chi connectivity index (χ3n) is 7.37. The van der Waals surface area contributed by atoms with Crippen molar-refractivity contribution in [1.29, 1.82) is 0 Å². The van der Waals surface area contributed by atoms with Crippen LogP contribution in [-0.4, -0.2) is 88.4 Å². The first-order valence-corrected chi connectivity index (χ1v) is 15.1. The van der Waals surface area contributed by atoms with Gasteiger partial charge in [-0.25, -0.2) is 0 Å². The number of aromatic nitrogens is 2. The third-order valence-corrected chi connectivity index (χ3v) is 7.95. The van der Waals surface area contributed by atoms with Gasteiger partial charge in [-0.05, 0) is 37.7 Å². The van der Waals surface area contributed by atoms with Crippen molar-refractivity contribution in [3.05, 3.63) is 42.0 Å². The molecule has 196 valence electrons. The Morgan fingerprint density at radius 3 is 1.94 bits per heavy atom. The van der Waals surface area contributed by atoms with Crippen LogP contribution in [-0.2, 0) is 14.3 Å². The molecule has 1 aromatic carbocycles. The molecule has 5 rings (SSSR count). The van der Waals surface area contributed by atoms with Gasteiger partial charge in [0.15, 0.2) is 0 Å². The summed E-state index contributed by atoms with van der Waals surface area (Å²) in [5, 5.41) is 0. The van der Waals surface area contributed by atoms with E-state index in [0.717, 1.165) is 88.3 Å². The van der Waals surface area contributed by atoms with Gasteiger partial charge in [0, 0.05) is 65.0 Å². The van der Waals surface area contributed by atoms with E-state index in [4.69, 9.17) is 14.2 Å². The lowest BCUT2D eigenvalue weighted by molar-refractivity contribution is 0.167. The van der Waals surface area contributed by atoms with Gasteiger partial charge < -0.3 is 14.7 Å². The first kappa shape index (κ1) is 25.2. The molecule has 10 heteroatoms. The van der Waals surface area contributed by atoms with Gasteiger partial charge in [-0.1, -0.05) is 30.3 Å². The van der Waals surface area contributed by atoms with E-state index in [0.29, 0.717) is 6.42 Å². The number of hydrogen-bond acceptors (Lipinski definition) is 9. The summed E-state index contributed by atoms with van der Waals surface area (Å²) in [5.41, 5.74) is 0.895. The molecule has 1 aromatic heterocycles. The second-order valence-electron chi connectivity index (χ2n) is 10.1. The predicted molar refractivity (Wildman–Crippen MR) is 143 cm³/mol. The fraction of sp³-hybridized carbons (Fsp3) is 0.615. The van der Waals surface area contributed by atoms with Crippen molar-refractivity contribution < 1.29 is 12.6 Å². The minimum absolute atomic E-state index is 0.466. The van der Waals surface area contributed by atoms with Crippen LogP contribution < -0.4 is 14.7 Å². The first-order chi connectivity index (χ1) is 17.4. The Kier molecular flexibility index (Phi) is 7.93. The highest BCUT2D eigenvalue weighted by molar-refractivity contribution is 7.86. The van der Waals surface area contributed by atoms with Gasteiger partial charge in [0.1, 0.15) is 17.7 Å². The molecule has 0 N–H and O–H groups in total. The maximum absolute atomic E-state index is 11.9. The van der Waals surface area contributed by atoms with Gasteiger partial charge in [-0.15, -0.1) is 0 Å². The number of anilines is 3. The molecule has 0 saturated carbocycles. The molecule has 0 spiro atoms. The lowest BCUT2D eigenvalue weighted by Crippen LogP contribution is -2.47. The molecular formula is C26H38N6O3S. The Hall–Kier alpha value is -2.43. The molecule has 36 heavy (non-hydrogen) atoms. The Labute approximate surface area is 215 Å². The van der Waals surface area contributed by atoms with Gasteiger partial charge >= 0.3 is 0 Å². The van der Waals surface area contributed by atoms with Gasteiger partial charge in [0.25, 0.3) is 10.1 Å². The molecule has 3 aliphatic heterocycles. The predicted octanol–water partition coefficient (Wildman–Crippen LogP) is 2.91. The normalized spacial score (nSPS) is 20.3. The van der Waals surface area contributed by atoms with Gasteiger partial charge in [0.05, 0.1) is 6.26 Å². The van der Waals surface area contributed by atoms with Crippen molar-refractivity contribution in [2.45, 2.75) is 38.2 Å². The van der Waals surface area contributed by atoms with Crippen LogP contribution in [0.1, 0.15) is 43.8 Å². The summed E-state index contributed by atoms with van der Waals surface area (Å²) in [6, 6.07) is 11.8. The quantitative estimate of drug-likeness (QED) is 0.469. The Morgan fingerprint density at radius 2 is 1.36 bits per heavy atom. The minimum atomic E-state index is -3.54. The molecule has 1 atom stereocenters. The summed E-state index contributed by atoms with van der Waals surface area (Å²) in [7, 11) is -3.54. The standard InChI is InChI=1S/C26H38N6O3S/c1-36(33,34)35-23(22-9-3-2-4-10-22)11-16-29-17-19-31(20-18-29)25-21-24(30-12-5-6-13-30)27-26(28-25)32-14-7-8-15-32/h2-4,9-10,21,23H,5-8,11-20H2,1H3. The van der Waals surface area contributed by atoms with Crippen LogP contribution >= 0.6 is 0 Å². The molecular weight excluding hydrogens is 476 g/mol. The number of piperazine rings is 1. The third kappa shape index (κ3) is 6.46. The van der Waals surface area contributed by atoms with Crippen LogP contribution in [0.5, 0.6) is 0 Å². The lowest BCUT2D eigenvalue weighted by Gasteiger charge is -2.36. The smallest absolute Gasteiger partial charge is 0.264 e. The highest BCUT2D eigenvalue weighted by Gasteiger charge is 2.25. The van der Waals surface area contributed by atoms with E-state index in [1.165, 1.54) is 25.7 Å². The van der Waals surface area contributed by atoms with Crippen LogP contribution in [0.3, 0.4) is 0 Å². The zero-order chi connectivity index (χ0) is 25.0. The average molecular weight is 515 g/mol. The van der Waals surface area contributed by atoms with Crippen molar-refractivity contribution >= 4 is 27.7 Å². The van der Waals surface area contributed by atoms with Crippen molar-refractivity contribution in [3.63, 3.8) is 0 Å². The topological polar surface area (TPSA) is 82.1 Å². The molecule has 2 aromatic rings. The van der Waals surface area contributed by atoms with E-state index < -0.39 is 16.2 Å². The molecule has 0 bridgehead atoms. The Morgan fingerprint density at radius 1 is 0.806 bits per heavy atom. The van der Waals surface area contributed by atoms with Crippen LogP contribution in [0.4, 0.5) is 17.6 Å². The van der Waals surface area contributed by atoms with Gasteiger partial charge in [-0.2, -0.15) is 18.4 Å². The molecule has 4 heterocycles. The van der Waals surface area contributed by atoms with E-state index in [2.05, 4.69) is 25.7 Å². The van der Waals surface area contributed by atoms with E-state index in [-0.39, 0.29) is 0 Å². The zero-order valence-corrected chi connectivity index (χ0v) is 22.1. The highest BCUT2D eigenvalue weighted by atomic mass is 32.2. The number of nitrogens with zero attached hydrogens (tertiary/aromatic N) is 6. The van der Waals surface area contributed by atoms with Crippen molar-refractivity contribution in [2.24, 2.45) is 0 Å². The maximum atomic E-state index is 11.9. The molecule has 0 radical (unpaired) electrons. The van der Waals surface area contributed by atoms with Crippen LogP contribution in [0.25, 0.3) is 0 Å². The van der Waals surface area contributed by atoms with Crippen LogP contribution in [0, 0.1) is 0 Å². The Bertz CT molecular complexity index is 1060. The molecule has 1 unspecified atom stereocenters. The first-order valence-electron chi connectivity index (χ1n) is 13.2. The Balaban J connectivity index is 1.23. The SMILES string of the molecule is CS(=O)(=O)OC(CCN1CCN(c2cc(N3CCCC3)nc(N3CCCC3)n2)CC1)c1ccccc1. The summed E-state index contributed by atoms with van der Waals surface area (Å²) in [5.74, 6) is 2.96. The summed E-state index contributed by atoms with van der Waals surface area (Å²) >= 11 is 0. The van der Waals surface area contributed by atoms with Crippen molar-refractivity contribution in [1.82, 2.24) is 14.9 Å². The average Bonchev–Trinajstić information content (AvgIpc) is 3.62. The van der Waals surface area contributed by atoms with Crippen molar-refractivity contribution in [2.75, 3.05) is 79.9 Å². The monoisotopic (exact) mass is 514 g/mol. The van der Waals surface area contributed by atoms with Crippen LogP contribution in [0.15, 0.2) is 36.4 Å². The van der Waals surface area contributed by atoms with E-state index in [1.807, 2.05) is 30.3 Å². The number of hydrogen-bond donors (Lipinski definition) is 0. The van der Waals surface area contributed by atoms with E-state index in [1.54, 1.807) is 0 Å². The van der Waals surface area contributed by atoms with Gasteiger partial charge in [-0.3, -0.25) is 9.08 Å². The summed E-state index contributed by atoms with van der Waals surface area (Å²) < 4.78 is 29.1. The zero-order valence-electron chi connectivity index (χ0n) is 21.3. The van der Waals surface area contributed by atoms with Gasteiger partial charge in [0.2, 0.25) is 5.95 Å². The maximum Gasteiger partial charge on any atom is 0.264 e. The minimum Gasteiger partial charge on any atom is -0.356 e. The fourth-order valence-corrected chi connectivity index (χ4v) is 6.02. The molecule has 3 fully saturated rings.